The molecule has 200 valence electrons. The van der Waals surface area contributed by atoms with E-state index in [9.17, 15) is 24.8 Å². The van der Waals surface area contributed by atoms with Crippen molar-refractivity contribution in [2.45, 2.75) is 43.9 Å². The highest BCUT2D eigenvalue weighted by molar-refractivity contribution is 5.96. The number of nitrogens with zero attached hydrogens (tertiary/aromatic N) is 1. The van der Waals surface area contributed by atoms with Crippen molar-refractivity contribution in [2.75, 3.05) is 6.54 Å². The number of carbonyl (C=O) groups excluding carboxylic acids is 3. The van der Waals surface area contributed by atoms with Gasteiger partial charge in [0.2, 0.25) is 17.7 Å². The Hall–Kier alpha value is -4.48. The maximum atomic E-state index is 13.4. The van der Waals surface area contributed by atoms with Crippen molar-refractivity contribution >= 4 is 34.6 Å². The van der Waals surface area contributed by atoms with Crippen LogP contribution in [0.1, 0.15) is 30.4 Å². The molecule has 1 fully saturated rings. The summed E-state index contributed by atoms with van der Waals surface area (Å²) in [5.41, 5.74) is 1.68. The maximum absolute atomic E-state index is 13.4. The van der Waals surface area contributed by atoms with E-state index in [2.05, 4.69) is 16.0 Å². The minimum Gasteiger partial charge on any atom is -0.376 e. The molecule has 8 heteroatoms. The quantitative estimate of drug-likeness (QED) is 0.239. The number of fused-ring (bicyclic) bond motifs is 1. The van der Waals surface area contributed by atoms with Crippen LogP contribution in [0.15, 0.2) is 78.9 Å². The first-order chi connectivity index (χ1) is 18.9. The van der Waals surface area contributed by atoms with Crippen LogP contribution in [0.4, 0.5) is 0 Å². The van der Waals surface area contributed by atoms with Gasteiger partial charge in [0.05, 0.1) is 12.1 Å². The topological polar surface area (TPSA) is 131 Å². The van der Waals surface area contributed by atoms with E-state index in [0.29, 0.717) is 13.0 Å². The lowest BCUT2D eigenvalue weighted by Crippen LogP contribution is -2.54. The Labute approximate surface area is 227 Å². The number of carbonyl (C=O) groups is 3. The summed E-state index contributed by atoms with van der Waals surface area (Å²) in [6.07, 6.45) is 3.30. The SMILES string of the molecule is N#CC(O)[C@H](C[C@@H]1CCCNC1=O)NC(=O)[C@H](Cc1ccccc1)NC(=O)/C=C/c1ccc2ccccc2c1. The van der Waals surface area contributed by atoms with Gasteiger partial charge in [-0.1, -0.05) is 66.7 Å². The van der Waals surface area contributed by atoms with Gasteiger partial charge in [0.15, 0.2) is 6.10 Å². The summed E-state index contributed by atoms with van der Waals surface area (Å²) < 4.78 is 0. The van der Waals surface area contributed by atoms with Crippen molar-refractivity contribution in [3.05, 3.63) is 90.0 Å². The van der Waals surface area contributed by atoms with E-state index >= 15 is 0 Å². The molecule has 3 aromatic carbocycles. The molecule has 0 radical (unpaired) electrons. The molecule has 0 aromatic heterocycles. The van der Waals surface area contributed by atoms with Crippen LogP contribution in [0.25, 0.3) is 16.8 Å². The van der Waals surface area contributed by atoms with Gasteiger partial charge in [-0.15, -0.1) is 0 Å². The number of aliphatic hydroxyl groups is 1. The number of nitriles is 1. The van der Waals surface area contributed by atoms with Gasteiger partial charge in [0, 0.05) is 25.0 Å². The molecule has 0 bridgehead atoms. The van der Waals surface area contributed by atoms with Crippen LogP contribution in [-0.2, 0) is 20.8 Å². The average molecular weight is 525 g/mol. The largest absolute Gasteiger partial charge is 0.376 e. The van der Waals surface area contributed by atoms with Crippen molar-refractivity contribution in [3.8, 4) is 6.07 Å². The number of benzene rings is 3. The third-order valence-corrected chi connectivity index (χ3v) is 6.90. The summed E-state index contributed by atoms with van der Waals surface area (Å²) in [5.74, 6) is -1.57. The molecule has 0 spiro atoms. The van der Waals surface area contributed by atoms with E-state index in [1.54, 1.807) is 12.1 Å². The summed E-state index contributed by atoms with van der Waals surface area (Å²) in [5, 5.41) is 30.1. The summed E-state index contributed by atoms with van der Waals surface area (Å²) in [7, 11) is 0. The summed E-state index contributed by atoms with van der Waals surface area (Å²) in [6.45, 7) is 0.588. The zero-order valence-corrected chi connectivity index (χ0v) is 21.5. The molecule has 1 aliphatic heterocycles. The highest BCUT2D eigenvalue weighted by Gasteiger charge is 2.32. The van der Waals surface area contributed by atoms with E-state index in [4.69, 9.17) is 0 Å². The van der Waals surface area contributed by atoms with Crippen LogP contribution in [0.2, 0.25) is 0 Å². The molecule has 39 heavy (non-hydrogen) atoms. The van der Waals surface area contributed by atoms with Gasteiger partial charge in [0.1, 0.15) is 6.04 Å². The van der Waals surface area contributed by atoms with Gasteiger partial charge in [-0.2, -0.15) is 5.26 Å². The van der Waals surface area contributed by atoms with E-state index in [1.165, 1.54) is 6.08 Å². The lowest BCUT2D eigenvalue weighted by atomic mass is 9.89. The number of amides is 3. The molecule has 1 aliphatic rings. The first-order valence-corrected chi connectivity index (χ1v) is 13.1. The fourth-order valence-corrected chi connectivity index (χ4v) is 4.77. The second-order valence-corrected chi connectivity index (χ2v) is 9.75. The maximum Gasteiger partial charge on any atom is 0.244 e. The third-order valence-electron chi connectivity index (χ3n) is 6.90. The molecule has 3 amide bonds. The minimum absolute atomic E-state index is 0.125. The van der Waals surface area contributed by atoms with Crippen molar-refractivity contribution in [2.24, 2.45) is 5.92 Å². The number of piperidine rings is 1. The lowest BCUT2D eigenvalue weighted by Gasteiger charge is -2.29. The molecule has 4 rings (SSSR count). The fourth-order valence-electron chi connectivity index (χ4n) is 4.77. The fraction of sp³-hybridized carbons (Fsp3) is 0.290. The Bertz CT molecular complexity index is 1380. The van der Waals surface area contributed by atoms with Crippen LogP contribution in [0.5, 0.6) is 0 Å². The summed E-state index contributed by atoms with van der Waals surface area (Å²) >= 11 is 0. The standard InChI is InChI=1S/C31H32N4O4/c32-20-28(36)26(19-25-11-6-16-33-30(25)38)35-31(39)27(18-21-7-2-1-3-8-21)34-29(37)15-13-22-12-14-23-9-4-5-10-24(23)17-22/h1-5,7-10,12-15,17,25-28,36H,6,11,16,18-19H2,(H,33,38)(H,34,37)(H,35,39)/b15-13+/t25-,26-,27-,28?/m0/s1. The van der Waals surface area contributed by atoms with Crippen molar-refractivity contribution in [3.63, 3.8) is 0 Å². The molecule has 8 nitrogen and oxygen atoms in total. The minimum atomic E-state index is -1.50. The molecule has 0 aliphatic carbocycles. The molecular weight excluding hydrogens is 492 g/mol. The van der Waals surface area contributed by atoms with Crippen molar-refractivity contribution in [1.29, 1.82) is 5.26 Å². The third kappa shape index (κ3) is 7.76. The van der Waals surface area contributed by atoms with E-state index in [-0.39, 0.29) is 18.7 Å². The predicted octanol–water partition coefficient (Wildman–Crippen LogP) is 2.87. The Balaban J connectivity index is 1.48. The van der Waals surface area contributed by atoms with Gasteiger partial charge in [-0.25, -0.2) is 0 Å². The molecule has 1 unspecified atom stereocenters. The first kappa shape index (κ1) is 27.6. The summed E-state index contributed by atoms with van der Waals surface area (Å²) in [4.78, 5) is 38.5. The zero-order valence-electron chi connectivity index (χ0n) is 21.5. The Kier molecular flexibility index (Phi) is 9.44. The molecule has 1 saturated heterocycles. The van der Waals surface area contributed by atoms with Crippen LogP contribution in [0, 0.1) is 17.2 Å². The first-order valence-electron chi connectivity index (χ1n) is 13.1. The smallest absolute Gasteiger partial charge is 0.244 e. The number of rotatable bonds is 10. The normalized spacial score (nSPS) is 17.5. The highest BCUT2D eigenvalue weighted by Crippen LogP contribution is 2.20. The number of nitrogens with one attached hydrogen (secondary N) is 3. The number of hydrogen-bond donors (Lipinski definition) is 4. The molecule has 4 N–H and O–H groups in total. The predicted molar refractivity (Wildman–Crippen MR) is 149 cm³/mol. The second-order valence-electron chi connectivity index (χ2n) is 9.75. The van der Waals surface area contributed by atoms with Crippen LogP contribution in [0.3, 0.4) is 0 Å². The average Bonchev–Trinajstić information content (AvgIpc) is 2.96. The van der Waals surface area contributed by atoms with Crippen LogP contribution >= 0.6 is 0 Å². The molecule has 0 saturated carbocycles. The number of aliphatic hydroxyl groups excluding tert-OH is 1. The monoisotopic (exact) mass is 524 g/mol. The van der Waals surface area contributed by atoms with Gasteiger partial charge in [0.25, 0.3) is 0 Å². The highest BCUT2D eigenvalue weighted by atomic mass is 16.3. The van der Waals surface area contributed by atoms with Crippen molar-refractivity contribution in [1.82, 2.24) is 16.0 Å². The molecule has 4 atom stereocenters. The Morgan fingerprint density at radius 3 is 2.54 bits per heavy atom. The van der Waals surface area contributed by atoms with E-state index < -0.39 is 35.9 Å². The second kappa shape index (κ2) is 13.4. The van der Waals surface area contributed by atoms with Crippen LogP contribution in [-0.4, -0.2) is 47.6 Å². The van der Waals surface area contributed by atoms with Crippen molar-refractivity contribution < 1.29 is 19.5 Å². The zero-order chi connectivity index (χ0) is 27.6. The lowest BCUT2D eigenvalue weighted by molar-refractivity contribution is -0.130. The van der Waals surface area contributed by atoms with Gasteiger partial charge in [-0.3, -0.25) is 14.4 Å². The Morgan fingerprint density at radius 1 is 1.05 bits per heavy atom. The van der Waals surface area contributed by atoms with E-state index in [1.807, 2.05) is 72.8 Å². The van der Waals surface area contributed by atoms with Crippen LogP contribution < -0.4 is 16.0 Å². The van der Waals surface area contributed by atoms with Gasteiger partial charge in [-0.05, 0) is 53.3 Å². The molecular formula is C31H32N4O4. The number of hydrogen-bond acceptors (Lipinski definition) is 5. The molecule has 3 aromatic rings. The van der Waals surface area contributed by atoms with Gasteiger partial charge < -0.3 is 21.1 Å². The Morgan fingerprint density at radius 2 is 1.79 bits per heavy atom. The van der Waals surface area contributed by atoms with Gasteiger partial charge >= 0.3 is 0 Å². The molecule has 1 heterocycles. The van der Waals surface area contributed by atoms with E-state index in [0.717, 1.165) is 28.3 Å². The summed E-state index contributed by atoms with van der Waals surface area (Å²) in [6, 6.07) is 22.9.